The molecule has 6 heteroatoms. The first-order valence-electron chi connectivity index (χ1n) is 6.79. The summed E-state index contributed by atoms with van der Waals surface area (Å²) in [6, 6.07) is 17.7. The van der Waals surface area contributed by atoms with Gasteiger partial charge in [0, 0.05) is 16.3 Å². The summed E-state index contributed by atoms with van der Waals surface area (Å²) in [7, 11) is 0. The Hall–Kier alpha value is -2.11. The number of thioether (sulfide) groups is 1. The molecule has 0 unspecified atom stereocenters. The first kappa shape index (κ1) is 13.5. The topological polar surface area (TPSA) is 43.1 Å². The number of halogens is 1. The van der Waals surface area contributed by atoms with Gasteiger partial charge in [0.2, 0.25) is 5.16 Å². The second-order valence-electron chi connectivity index (χ2n) is 4.83. The normalized spacial score (nSPS) is 13.6. The summed E-state index contributed by atoms with van der Waals surface area (Å²) in [5, 5.41) is 14.7. The number of benzene rings is 2. The van der Waals surface area contributed by atoms with Crippen LogP contribution in [0.15, 0.2) is 64.9 Å². The van der Waals surface area contributed by atoms with Crippen LogP contribution in [0.2, 0.25) is 5.02 Å². The molecule has 2 aromatic carbocycles. The molecule has 1 aliphatic heterocycles. The Morgan fingerprint density at radius 3 is 2.45 bits per heavy atom. The first-order chi connectivity index (χ1) is 10.8. The molecule has 0 N–H and O–H groups in total. The molecular formula is C16H11ClN4S. The molecule has 22 heavy (non-hydrogen) atoms. The monoisotopic (exact) mass is 326 g/mol. The molecule has 3 aromatic rings. The molecule has 0 fully saturated rings. The van der Waals surface area contributed by atoms with E-state index < -0.39 is 0 Å². The quantitative estimate of drug-likeness (QED) is 0.716. The molecule has 4 rings (SSSR count). The zero-order valence-electron chi connectivity index (χ0n) is 11.5. The summed E-state index contributed by atoms with van der Waals surface area (Å²) in [4.78, 5) is 0. The van der Waals surface area contributed by atoms with Crippen LogP contribution in [0, 0.1) is 0 Å². The van der Waals surface area contributed by atoms with Gasteiger partial charge in [0.25, 0.3) is 0 Å². The van der Waals surface area contributed by atoms with Crippen LogP contribution in [-0.2, 0) is 0 Å². The highest BCUT2D eigenvalue weighted by molar-refractivity contribution is 7.99. The van der Waals surface area contributed by atoms with E-state index in [2.05, 4.69) is 22.3 Å². The van der Waals surface area contributed by atoms with Crippen molar-refractivity contribution in [2.75, 3.05) is 5.75 Å². The Labute approximate surface area is 136 Å². The molecule has 0 radical (unpaired) electrons. The van der Waals surface area contributed by atoms with Crippen LogP contribution in [0.3, 0.4) is 0 Å². The molecular weight excluding hydrogens is 316 g/mol. The van der Waals surface area contributed by atoms with Crippen molar-refractivity contribution in [2.24, 2.45) is 5.10 Å². The Bertz CT molecular complexity index is 840. The van der Waals surface area contributed by atoms with Gasteiger partial charge in [-0.3, -0.25) is 0 Å². The van der Waals surface area contributed by atoms with Gasteiger partial charge in [0.15, 0.2) is 5.82 Å². The van der Waals surface area contributed by atoms with Crippen LogP contribution in [0.1, 0.15) is 5.56 Å². The largest absolute Gasteiger partial charge is 0.212 e. The minimum atomic E-state index is 0.699. The highest BCUT2D eigenvalue weighted by Crippen LogP contribution is 2.28. The minimum Gasteiger partial charge on any atom is -0.187 e. The maximum absolute atomic E-state index is 5.95. The molecule has 0 saturated heterocycles. The van der Waals surface area contributed by atoms with Crippen LogP contribution in [0.4, 0.5) is 0 Å². The fraction of sp³-hybridized carbons (Fsp3) is 0.0625. The number of nitrogens with zero attached hydrogens (tertiary/aromatic N) is 4. The van der Waals surface area contributed by atoms with Gasteiger partial charge in [-0.2, -0.15) is 9.78 Å². The fourth-order valence-corrected chi connectivity index (χ4v) is 3.24. The van der Waals surface area contributed by atoms with Crippen molar-refractivity contribution in [1.82, 2.24) is 14.9 Å². The van der Waals surface area contributed by atoms with E-state index in [1.54, 1.807) is 16.4 Å². The molecule has 108 valence electrons. The summed E-state index contributed by atoms with van der Waals surface area (Å²) in [5.74, 6) is 1.52. The third-order valence-electron chi connectivity index (χ3n) is 3.38. The van der Waals surface area contributed by atoms with Crippen LogP contribution in [0.5, 0.6) is 0 Å². The maximum atomic E-state index is 5.95. The molecule has 0 amide bonds. The summed E-state index contributed by atoms with van der Waals surface area (Å²) in [6.45, 7) is 0. The fourth-order valence-electron chi connectivity index (χ4n) is 2.28. The number of rotatable bonds is 2. The number of aromatic nitrogens is 3. The maximum Gasteiger partial charge on any atom is 0.212 e. The lowest BCUT2D eigenvalue weighted by molar-refractivity contribution is 0.762. The lowest BCUT2D eigenvalue weighted by Crippen LogP contribution is -2.13. The third-order valence-corrected chi connectivity index (χ3v) is 4.56. The molecule has 2 heterocycles. The van der Waals surface area contributed by atoms with Gasteiger partial charge in [0.1, 0.15) is 0 Å². The summed E-state index contributed by atoms with van der Waals surface area (Å²) < 4.78 is 1.81. The zero-order chi connectivity index (χ0) is 14.9. The molecule has 0 atom stereocenters. The number of hydrogen-bond acceptors (Lipinski definition) is 4. The Balaban J connectivity index is 1.80. The predicted molar refractivity (Wildman–Crippen MR) is 89.6 cm³/mol. The van der Waals surface area contributed by atoms with E-state index in [1.165, 1.54) is 0 Å². The van der Waals surface area contributed by atoms with Gasteiger partial charge in [-0.05, 0) is 29.8 Å². The third kappa shape index (κ3) is 2.42. The molecule has 1 aliphatic rings. The molecule has 0 bridgehead atoms. The van der Waals surface area contributed by atoms with Crippen molar-refractivity contribution < 1.29 is 0 Å². The average molecular weight is 327 g/mol. The number of hydrogen-bond donors (Lipinski definition) is 0. The summed E-state index contributed by atoms with van der Waals surface area (Å²) in [5.41, 5.74) is 3.09. The molecule has 4 nitrogen and oxygen atoms in total. The van der Waals surface area contributed by atoms with E-state index in [-0.39, 0.29) is 0 Å². The number of fused-ring (bicyclic) bond motifs is 1. The van der Waals surface area contributed by atoms with Gasteiger partial charge >= 0.3 is 0 Å². The van der Waals surface area contributed by atoms with E-state index in [0.29, 0.717) is 5.02 Å². The lowest BCUT2D eigenvalue weighted by Gasteiger charge is -2.13. The molecule has 0 aliphatic carbocycles. The molecule has 0 spiro atoms. The second-order valence-corrected chi connectivity index (χ2v) is 6.21. The van der Waals surface area contributed by atoms with Gasteiger partial charge in [-0.25, -0.2) is 0 Å². The van der Waals surface area contributed by atoms with Crippen LogP contribution >= 0.6 is 23.4 Å². The zero-order valence-corrected chi connectivity index (χ0v) is 13.1. The predicted octanol–water partition coefficient (Wildman–Crippen LogP) is 3.96. The molecule has 0 saturated carbocycles. The van der Waals surface area contributed by atoms with Crippen molar-refractivity contribution >= 4 is 29.1 Å². The van der Waals surface area contributed by atoms with Gasteiger partial charge in [-0.1, -0.05) is 53.7 Å². The Morgan fingerprint density at radius 2 is 1.68 bits per heavy atom. The Morgan fingerprint density at radius 1 is 0.909 bits per heavy atom. The standard InChI is InChI=1S/C16H11ClN4S/c17-13-8-6-12(7-9-13)15-18-19-16-21(15)20-14(10-22-16)11-4-2-1-3-5-11/h1-9H,10H2. The van der Waals surface area contributed by atoms with Gasteiger partial charge in [-0.15, -0.1) is 10.2 Å². The van der Waals surface area contributed by atoms with E-state index >= 15 is 0 Å². The molecule has 1 aromatic heterocycles. The van der Waals surface area contributed by atoms with Crippen molar-refractivity contribution in [1.29, 1.82) is 0 Å². The van der Waals surface area contributed by atoms with E-state index in [1.807, 2.05) is 42.5 Å². The van der Waals surface area contributed by atoms with E-state index in [0.717, 1.165) is 33.6 Å². The van der Waals surface area contributed by atoms with Crippen LogP contribution in [0.25, 0.3) is 11.4 Å². The highest BCUT2D eigenvalue weighted by atomic mass is 35.5. The van der Waals surface area contributed by atoms with E-state index in [9.17, 15) is 0 Å². The van der Waals surface area contributed by atoms with Crippen molar-refractivity contribution in [3.05, 3.63) is 65.2 Å². The average Bonchev–Trinajstić information content (AvgIpc) is 2.99. The second kappa shape index (κ2) is 5.59. The van der Waals surface area contributed by atoms with Crippen molar-refractivity contribution in [3.63, 3.8) is 0 Å². The van der Waals surface area contributed by atoms with Crippen molar-refractivity contribution in [3.8, 4) is 11.4 Å². The van der Waals surface area contributed by atoms with Crippen LogP contribution < -0.4 is 0 Å². The lowest BCUT2D eigenvalue weighted by atomic mass is 10.1. The summed E-state index contributed by atoms with van der Waals surface area (Å²) >= 11 is 7.59. The van der Waals surface area contributed by atoms with Gasteiger partial charge < -0.3 is 0 Å². The first-order valence-corrected chi connectivity index (χ1v) is 8.15. The Kier molecular flexibility index (Phi) is 3.44. The van der Waals surface area contributed by atoms with Crippen LogP contribution in [-0.4, -0.2) is 26.3 Å². The SMILES string of the molecule is Clc1ccc(-c2nnc3n2N=C(c2ccccc2)CS3)cc1. The van der Waals surface area contributed by atoms with E-state index in [4.69, 9.17) is 16.7 Å². The summed E-state index contributed by atoms with van der Waals surface area (Å²) in [6.07, 6.45) is 0. The highest BCUT2D eigenvalue weighted by Gasteiger charge is 2.20. The minimum absolute atomic E-state index is 0.699. The van der Waals surface area contributed by atoms with Gasteiger partial charge in [0.05, 0.1) is 5.71 Å². The smallest absolute Gasteiger partial charge is 0.187 e. The van der Waals surface area contributed by atoms with Crippen molar-refractivity contribution in [2.45, 2.75) is 5.16 Å².